The van der Waals surface area contributed by atoms with Crippen molar-refractivity contribution in [1.29, 1.82) is 0 Å². The normalized spacial score (nSPS) is 11.5. The number of nitrogens with one attached hydrogen (secondary N) is 2. The van der Waals surface area contributed by atoms with E-state index in [2.05, 4.69) is 10.6 Å². The van der Waals surface area contributed by atoms with E-state index in [9.17, 15) is 0 Å². The predicted molar refractivity (Wildman–Crippen MR) is 142 cm³/mol. The van der Waals surface area contributed by atoms with Crippen LogP contribution in [0.4, 0.5) is 11.4 Å². The van der Waals surface area contributed by atoms with Crippen molar-refractivity contribution in [3.05, 3.63) is 60.7 Å². The molecule has 0 bridgehead atoms. The molecule has 0 fully saturated rings. The molecule has 0 heterocycles. The SMILES string of the molecule is CO[Si](CCCNc1ccccc1)(OC)OC.CO[Si](CCCNc1ccccc1)(OC)OC. The molecule has 0 aliphatic rings. The Bertz CT molecular complexity index is 655. The molecule has 0 saturated heterocycles. The summed E-state index contributed by atoms with van der Waals surface area (Å²) in [6, 6.07) is 21.9. The van der Waals surface area contributed by atoms with E-state index >= 15 is 0 Å². The van der Waals surface area contributed by atoms with Crippen molar-refractivity contribution in [2.24, 2.45) is 0 Å². The Morgan fingerprint density at radius 3 is 1.06 bits per heavy atom. The molecule has 10 heteroatoms. The van der Waals surface area contributed by atoms with Gasteiger partial charge in [-0.3, -0.25) is 0 Å². The fraction of sp³-hybridized carbons (Fsp3) is 0.500. The van der Waals surface area contributed by atoms with Gasteiger partial charge >= 0.3 is 17.6 Å². The van der Waals surface area contributed by atoms with Gasteiger partial charge in [-0.2, -0.15) is 0 Å². The molecule has 0 saturated carbocycles. The summed E-state index contributed by atoms with van der Waals surface area (Å²) in [4.78, 5) is 0. The zero-order valence-corrected chi connectivity index (χ0v) is 23.5. The Labute approximate surface area is 207 Å². The first-order valence-corrected chi connectivity index (χ1v) is 15.3. The van der Waals surface area contributed by atoms with Crippen LogP contribution < -0.4 is 10.6 Å². The zero-order valence-electron chi connectivity index (χ0n) is 21.5. The number of benzene rings is 2. The van der Waals surface area contributed by atoms with Crippen LogP contribution in [0.15, 0.2) is 60.7 Å². The molecular weight excluding hydrogens is 468 g/mol. The molecule has 0 atom stereocenters. The predicted octanol–water partition coefficient (Wildman–Crippen LogP) is 4.73. The summed E-state index contributed by atoms with van der Waals surface area (Å²) in [6.45, 7) is 1.77. The molecule has 0 radical (unpaired) electrons. The van der Waals surface area contributed by atoms with Crippen LogP contribution in [-0.2, 0) is 26.6 Å². The maximum atomic E-state index is 5.36. The first kappa shape index (κ1) is 30.3. The van der Waals surface area contributed by atoms with Gasteiger partial charge in [0.1, 0.15) is 0 Å². The highest BCUT2D eigenvalue weighted by atomic mass is 28.4. The topological polar surface area (TPSA) is 79.4 Å². The summed E-state index contributed by atoms with van der Waals surface area (Å²) >= 11 is 0. The van der Waals surface area contributed by atoms with Crippen molar-refractivity contribution in [2.75, 3.05) is 66.4 Å². The lowest BCUT2D eigenvalue weighted by atomic mass is 10.3. The smallest absolute Gasteiger partial charge is 0.385 e. The molecule has 0 aliphatic heterocycles. The molecule has 34 heavy (non-hydrogen) atoms. The van der Waals surface area contributed by atoms with Gasteiger partial charge < -0.3 is 37.2 Å². The van der Waals surface area contributed by atoms with Gasteiger partial charge in [-0.15, -0.1) is 0 Å². The number of hydrogen-bond acceptors (Lipinski definition) is 8. The van der Waals surface area contributed by atoms with Crippen LogP contribution in [0, 0.1) is 0 Å². The van der Waals surface area contributed by atoms with E-state index in [1.54, 1.807) is 42.7 Å². The lowest BCUT2D eigenvalue weighted by Gasteiger charge is -2.24. The summed E-state index contributed by atoms with van der Waals surface area (Å²) in [5.74, 6) is 0. The van der Waals surface area contributed by atoms with Crippen molar-refractivity contribution in [2.45, 2.75) is 24.9 Å². The second-order valence-corrected chi connectivity index (χ2v) is 13.6. The zero-order chi connectivity index (χ0) is 25.1. The Morgan fingerprint density at radius 2 is 0.794 bits per heavy atom. The standard InChI is InChI=1S/2C12H21NO3Si/c2*1-14-17(15-2,16-3)11-7-10-13-12-8-5-4-6-9-12/h2*4-6,8-9,13H,7,10-11H2,1-3H3. The molecule has 2 N–H and O–H groups in total. The average Bonchev–Trinajstić information content (AvgIpc) is 2.91. The molecule has 0 aromatic heterocycles. The molecule has 0 unspecified atom stereocenters. The van der Waals surface area contributed by atoms with Gasteiger partial charge in [-0.25, -0.2) is 0 Å². The molecule has 0 aliphatic carbocycles. The fourth-order valence-electron chi connectivity index (χ4n) is 3.30. The van der Waals surface area contributed by atoms with E-state index in [1.807, 2.05) is 60.7 Å². The lowest BCUT2D eigenvalue weighted by Crippen LogP contribution is -2.42. The Morgan fingerprint density at radius 1 is 0.500 bits per heavy atom. The Hall–Kier alpha value is -1.77. The Kier molecular flexibility index (Phi) is 15.7. The number of rotatable bonds is 16. The highest BCUT2D eigenvalue weighted by Crippen LogP contribution is 2.16. The van der Waals surface area contributed by atoms with Gasteiger partial charge in [-0.05, 0) is 37.1 Å². The van der Waals surface area contributed by atoms with Crippen LogP contribution in [0.1, 0.15) is 12.8 Å². The van der Waals surface area contributed by atoms with Crippen LogP contribution >= 0.6 is 0 Å². The van der Waals surface area contributed by atoms with Gasteiger partial charge in [0.25, 0.3) is 0 Å². The van der Waals surface area contributed by atoms with Crippen LogP contribution in [0.25, 0.3) is 0 Å². The molecule has 8 nitrogen and oxygen atoms in total. The quantitative estimate of drug-likeness (QED) is 0.248. The third-order valence-corrected chi connectivity index (χ3v) is 11.1. The van der Waals surface area contributed by atoms with Gasteiger partial charge in [0.2, 0.25) is 0 Å². The summed E-state index contributed by atoms with van der Waals surface area (Å²) in [5.41, 5.74) is 2.26. The van der Waals surface area contributed by atoms with Crippen LogP contribution in [0.2, 0.25) is 12.1 Å². The first-order chi connectivity index (χ1) is 16.5. The van der Waals surface area contributed by atoms with Crippen molar-refractivity contribution < 1.29 is 26.6 Å². The van der Waals surface area contributed by atoms with E-state index in [4.69, 9.17) is 26.6 Å². The average molecular weight is 511 g/mol. The van der Waals surface area contributed by atoms with Crippen LogP contribution in [-0.4, -0.2) is 73.4 Å². The van der Waals surface area contributed by atoms with E-state index in [1.165, 1.54) is 0 Å². The maximum Gasteiger partial charge on any atom is 0.500 e. The minimum atomic E-state index is -2.40. The molecule has 2 rings (SSSR count). The molecule has 192 valence electrons. The monoisotopic (exact) mass is 510 g/mol. The van der Waals surface area contributed by atoms with E-state index in [-0.39, 0.29) is 0 Å². The van der Waals surface area contributed by atoms with Crippen molar-refractivity contribution in [3.8, 4) is 0 Å². The van der Waals surface area contributed by atoms with Gasteiger partial charge in [0, 0.05) is 79.2 Å². The highest BCUT2D eigenvalue weighted by molar-refractivity contribution is 6.60. The van der Waals surface area contributed by atoms with Gasteiger partial charge in [0.05, 0.1) is 0 Å². The summed E-state index contributed by atoms with van der Waals surface area (Å²) in [6.07, 6.45) is 1.91. The lowest BCUT2D eigenvalue weighted by molar-refractivity contribution is 0.122. The number of para-hydroxylation sites is 2. The maximum absolute atomic E-state index is 5.36. The van der Waals surface area contributed by atoms with Crippen molar-refractivity contribution in [1.82, 2.24) is 0 Å². The van der Waals surface area contributed by atoms with Crippen molar-refractivity contribution >= 4 is 29.0 Å². The van der Waals surface area contributed by atoms with Crippen molar-refractivity contribution in [3.63, 3.8) is 0 Å². The Balaban J connectivity index is 0.000000340. The number of hydrogen-bond donors (Lipinski definition) is 2. The van der Waals surface area contributed by atoms with E-state index in [0.29, 0.717) is 0 Å². The molecule has 2 aromatic rings. The molecule has 0 amide bonds. The fourth-order valence-corrected chi connectivity index (χ4v) is 6.74. The molecule has 0 spiro atoms. The third-order valence-electron chi connectivity index (χ3n) is 5.39. The van der Waals surface area contributed by atoms with Crippen LogP contribution in [0.3, 0.4) is 0 Å². The van der Waals surface area contributed by atoms with Crippen LogP contribution in [0.5, 0.6) is 0 Å². The largest absolute Gasteiger partial charge is 0.500 e. The minimum absolute atomic E-state index is 0.816. The first-order valence-electron chi connectivity index (χ1n) is 11.4. The van der Waals surface area contributed by atoms with E-state index < -0.39 is 17.6 Å². The minimum Gasteiger partial charge on any atom is -0.385 e. The highest BCUT2D eigenvalue weighted by Gasteiger charge is 2.37. The second-order valence-electron chi connectivity index (χ2n) is 7.38. The van der Waals surface area contributed by atoms with Gasteiger partial charge in [-0.1, -0.05) is 36.4 Å². The summed E-state index contributed by atoms with van der Waals surface area (Å²) < 4.78 is 32.1. The summed E-state index contributed by atoms with van der Waals surface area (Å²) in [7, 11) is 5.07. The second kappa shape index (κ2) is 17.6. The molecular formula is C24H42N2O6Si2. The third kappa shape index (κ3) is 11.1. The molecule has 2 aromatic carbocycles. The van der Waals surface area contributed by atoms with Gasteiger partial charge in [0.15, 0.2) is 0 Å². The van der Waals surface area contributed by atoms with E-state index in [0.717, 1.165) is 49.4 Å². The summed E-state index contributed by atoms with van der Waals surface area (Å²) in [5, 5.41) is 6.69. The number of anilines is 2.